The lowest BCUT2D eigenvalue weighted by Crippen LogP contribution is -2.20. The highest BCUT2D eigenvalue weighted by Gasteiger charge is 2.03. The molecule has 0 aliphatic heterocycles. The van der Waals surface area contributed by atoms with E-state index in [1.165, 1.54) is 19.3 Å². The number of aromatic hydroxyl groups is 2. The quantitative estimate of drug-likeness (QED) is 0.742. The summed E-state index contributed by atoms with van der Waals surface area (Å²) >= 11 is 0. The predicted molar refractivity (Wildman–Crippen MR) is 88.4 cm³/mol. The van der Waals surface area contributed by atoms with Gasteiger partial charge in [-0.05, 0) is 54.0 Å². The van der Waals surface area contributed by atoms with Crippen LogP contribution in [-0.2, 0) is 11.3 Å². The molecule has 3 N–H and O–H groups in total. The smallest absolute Gasteiger partial charge is 0.244 e. The first-order valence-corrected chi connectivity index (χ1v) is 7.11. The highest BCUT2D eigenvalue weighted by atomic mass is 16.5. The molecule has 0 aliphatic rings. The number of benzene rings is 2. The van der Waals surface area contributed by atoms with Crippen molar-refractivity contribution in [2.45, 2.75) is 13.5 Å². The molecule has 0 unspecified atom stereocenters. The Morgan fingerprint density at radius 1 is 1.17 bits per heavy atom. The van der Waals surface area contributed by atoms with E-state index in [1.807, 2.05) is 0 Å². The lowest BCUT2D eigenvalue weighted by molar-refractivity contribution is -0.116. The van der Waals surface area contributed by atoms with Gasteiger partial charge in [0.15, 0.2) is 11.5 Å². The van der Waals surface area contributed by atoms with Crippen LogP contribution in [0.15, 0.2) is 42.5 Å². The van der Waals surface area contributed by atoms with Crippen LogP contribution in [0.3, 0.4) is 0 Å². The van der Waals surface area contributed by atoms with Crippen molar-refractivity contribution in [3.05, 3.63) is 59.2 Å². The number of rotatable bonds is 5. The summed E-state index contributed by atoms with van der Waals surface area (Å²) in [6.45, 7) is 2.12. The number of hydrogen-bond donors (Lipinski definition) is 3. The Kier molecular flexibility index (Phi) is 5.25. The van der Waals surface area contributed by atoms with Crippen LogP contribution in [-0.4, -0.2) is 23.2 Å². The first-order chi connectivity index (χ1) is 11.0. The van der Waals surface area contributed by atoms with Gasteiger partial charge in [-0.3, -0.25) is 4.79 Å². The number of carbonyl (C=O) groups excluding carboxylic acids is 1. The zero-order chi connectivity index (χ0) is 16.8. The molecule has 0 radical (unpaired) electrons. The third-order valence-electron chi connectivity index (χ3n) is 3.36. The molecule has 0 saturated carbocycles. The Morgan fingerprint density at radius 2 is 1.91 bits per heavy atom. The summed E-state index contributed by atoms with van der Waals surface area (Å²) in [5, 5.41) is 21.7. The molecule has 0 atom stereocenters. The van der Waals surface area contributed by atoms with Crippen LogP contribution in [0.2, 0.25) is 0 Å². The summed E-state index contributed by atoms with van der Waals surface area (Å²) in [7, 11) is 1.47. The van der Waals surface area contributed by atoms with Crippen molar-refractivity contribution in [3.63, 3.8) is 0 Å². The molecule has 2 aromatic carbocycles. The van der Waals surface area contributed by atoms with Gasteiger partial charge < -0.3 is 20.3 Å². The first-order valence-electron chi connectivity index (χ1n) is 7.11. The van der Waals surface area contributed by atoms with E-state index in [1.54, 1.807) is 43.3 Å². The summed E-state index contributed by atoms with van der Waals surface area (Å²) in [5.41, 5.74) is 2.41. The molecule has 2 rings (SSSR count). The van der Waals surface area contributed by atoms with Gasteiger partial charge in [0.1, 0.15) is 5.75 Å². The van der Waals surface area contributed by atoms with E-state index in [0.29, 0.717) is 12.3 Å². The summed E-state index contributed by atoms with van der Waals surface area (Å²) < 4.78 is 5.02. The largest absolute Gasteiger partial charge is 0.508 e. The van der Waals surface area contributed by atoms with Crippen molar-refractivity contribution < 1.29 is 19.7 Å². The lowest BCUT2D eigenvalue weighted by atomic mass is 10.1. The fourth-order valence-corrected chi connectivity index (χ4v) is 2.03. The van der Waals surface area contributed by atoms with Gasteiger partial charge in [-0.2, -0.15) is 0 Å². The van der Waals surface area contributed by atoms with Gasteiger partial charge in [0, 0.05) is 12.6 Å². The Labute approximate surface area is 134 Å². The molecule has 1 amide bonds. The number of nitrogens with one attached hydrogen (secondary N) is 1. The molecule has 5 heteroatoms. The van der Waals surface area contributed by atoms with Crippen molar-refractivity contribution in [2.75, 3.05) is 7.11 Å². The number of ether oxygens (including phenoxy) is 1. The average Bonchev–Trinajstić information content (AvgIpc) is 2.55. The Hall–Kier alpha value is -2.95. The molecule has 0 saturated heterocycles. The summed E-state index contributed by atoms with van der Waals surface area (Å²) in [6, 6.07) is 10.0. The van der Waals surface area contributed by atoms with Crippen LogP contribution in [0.1, 0.15) is 16.7 Å². The standard InChI is InChI=1S/C18H19NO4/c1-12-9-13(3-6-15(12)20)5-8-18(22)19-11-14-4-7-16(21)17(10-14)23-2/h3-10,20-21H,11H2,1-2H3,(H,19,22)/b8-5+. The number of amides is 1. The van der Waals surface area contributed by atoms with Gasteiger partial charge >= 0.3 is 0 Å². The van der Waals surface area contributed by atoms with E-state index >= 15 is 0 Å². The normalized spacial score (nSPS) is 10.7. The maximum absolute atomic E-state index is 11.8. The summed E-state index contributed by atoms with van der Waals surface area (Å²) in [6.07, 6.45) is 3.11. The van der Waals surface area contributed by atoms with Crippen LogP contribution in [0, 0.1) is 6.92 Å². The molecular formula is C18H19NO4. The molecule has 0 fully saturated rings. The fraction of sp³-hybridized carbons (Fsp3) is 0.167. The molecule has 0 bridgehead atoms. The average molecular weight is 313 g/mol. The molecule has 0 aromatic heterocycles. The Morgan fingerprint density at radius 3 is 2.61 bits per heavy atom. The van der Waals surface area contributed by atoms with E-state index in [9.17, 15) is 15.0 Å². The number of aryl methyl sites for hydroxylation is 1. The second kappa shape index (κ2) is 7.35. The number of phenolic OH excluding ortho intramolecular Hbond substituents is 2. The van der Waals surface area contributed by atoms with Gasteiger partial charge in [-0.1, -0.05) is 12.1 Å². The molecular weight excluding hydrogens is 294 g/mol. The monoisotopic (exact) mass is 313 g/mol. The third-order valence-corrected chi connectivity index (χ3v) is 3.36. The van der Waals surface area contributed by atoms with Crippen molar-refractivity contribution >= 4 is 12.0 Å². The Bertz CT molecular complexity index is 738. The van der Waals surface area contributed by atoms with Crippen LogP contribution in [0.4, 0.5) is 0 Å². The van der Waals surface area contributed by atoms with E-state index in [-0.39, 0.29) is 17.4 Å². The van der Waals surface area contributed by atoms with E-state index in [0.717, 1.165) is 16.7 Å². The molecule has 5 nitrogen and oxygen atoms in total. The number of hydrogen-bond acceptors (Lipinski definition) is 4. The minimum absolute atomic E-state index is 0.0603. The number of methoxy groups -OCH3 is 1. The topological polar surface area (TPSA) is 78.8 Å². The zero-order valence-electron chi connectivity index (χ0n) is 13.0. The summed E-state index contributed by atoms with van der Waals surface area (Å²) in [5.74, 6) is 0.424. The van der Waals surface area contributed by atoms with Gasteiger partial charge in [0.05, 0.1) is 7.11 Å². The van der Waals surface area contributed by atoms with E-state index in [2.05, 4.69) is 5.32 Å². The van der Waals surface area contributed by atoms with Crippen LogP contribution in [0.5, 0.6) is 17.2 Å². The Balaban J connectivity index is 1.94. The minimum Gasteiger partial charge on any atom is -0.508 e. The van der Waals surface area contributed by atoms with E-state index < -0.39 is 0 Å². The van der Waals surface area contributed by atoms with Crippen molar-refractivity contribution in [3.8, 4) is 17.2 Å². The van der Waals surface area contributed by atoms with Crippen molar-refractivity contribution in [1.82, 2.24) is 5.32 Å². The van der Waals surface area contributed by atoms with Gasteiger partial charge in [-0.15, -0.1) is 0 Å². The number of carbonyl (C=O) groups is 1. The SMILES string of the molecule is COc1cc(CNC(=O)/C=C/c2ccc(O)c(C)c2)ccc1O. The maximum atomic E-state index is 11.8. The van der Waals surface area contributed by atoms with Crippen LogP contribution < -0.4 is 10.1 Å². The summed E-state index contributed by atoms with van der Waals surface area (Å²) in [4.78, 5) is 11.8. The van der Waals surface area contributed by atoms with Crippen LogP contribution in [0.25, 0.3) is 6.08 Å². The minimum atomic E-state index is -0.234. The molecule has 0 heterocycles. The molecule has 23 heavy (non-hydrogen) atoms. The number of phenols is 2. The molecule has 0 aliphatic carbocycles. The van der Waals surface area contributed by atoms with Crippen LogP contribution >= 0.6 is 0 Å². The third kappa shape index (κ3) is 4.51. The second-order valence-electron chi connectivity index (χ2n) is 5.10. The van der Waals surface area contributed by atoms with Gasteiger partial charge in [0.2, 0.25) is 5.91 Å². The first kappa shape index (κ1) is 16.4. The van der Waals surface area contributed by atoms with Crippen molar-refractivity contribution in [1.29, 1.82) is 0 Å². The molecule has 2 aromatic rings. The van der Waals surface area contributed by atoms with Crippen molar-refractivity contribution in [2.24, 2.45) is 0 Å². The lowest BCUT2D eigenvalue weighted by Gasteiger charge is -2.07. The molecule has 120 valence electrons. The van der Waals surface area contributed by atoms with E-state index in [4.69, 9.17) is 4.74 Å². The highest BCUT2D eigenvalue weighted by molar-refractivity contribution is 5.91. The second-order valence-corrected chi connectivity index (χ2v) is 5.10. The highest BCUT2D eigenvalue weighted by Crippen LogP contribution is 2.26. The fourth-order valence-electron chi connectivity index (χ4n) is 2.03. The van der Waals surface area contributed by atoms with Gasteiger partial charge in [0.25, 0.3) is 0 Å². The molecule has 0 spiro atoms. The zero-order valence-corrected chi connectivity index (χ0v) is 13.0. The van der Waals surface area contributed by atoms with Gasteiger partial charge in [-0.25, -0.2) is 0 Å². The predicted octanol–water partition coefficient (Wildman–Crippen LogP) is 2.74. The maximum Gasteiger partial charge on any atom is 0.244 e.